The number of ether oxygens (including phenoxy) is 1. The van der Waals surface area contributed by atoms with E-state index in [2.05, 4.69) is 49.4 Å². The Balaban J connectivity index is 0.00000338. The lowest BCUT2D eigenvalue weighted by molar-refractivity contribution is -0.342. The summed E-state index contributed by atoms with van der Waals surface area (Å²) in [6.07, 6.45) is -0.523. The molecule has 5 N–H and O–H groups in total. The molecule has 2 rings (SSSR count). The van der Waals surface area contributed by atoms with Gasteiger partial charge in [-0.2, -0.15) is 0 Å². The summed E-state index contributed by atoms with van der Waals surface area (Å²) in [6.45, 7) is 11.3. The van der Waals surface area contributed by atoms with Gasteiger partial charge < -0.3 is 28.2 Å². The average molecular weight is 379 g/mol. The number of hydrogen-bond acceptors (Lipinski definition) is 4. The number of carbonyl (C=O) groups is 1. The van der Waals surface area contributed by atoms with E-state index in [-0.39, 0.29) is 12.4 Å². The molecule has 0 spiro atoms. The zero-order valence-electron chi connectivity index (χ0n) is 15.9. The smallest absolute Gasteiger partial charge is 0.411 e. The molecule has 1 aromatic heterocycles. The summed E-state index contributed by atoms with van der Waals surface area (Å²) in [5.74, 6) is 1.15. The number of amides is 1. The standard InChI is InChI=1S/C19H26N4O2.ClH/c1-6-25-19(24)22-16-7-8-17(23-18(16)20)21-10-15-13(4)11(2)9-12(3)14(15)5;/h7-9H,6,10H2,1-5H3,(H,22,24)(H3,20,21,23);1H. The molecule has 2 aromatic rings. The second-order valence-electron chi connectivity index (χ2n) is 6.14. The summed E-state index contributed by atoms with van der Waals surface area (Å²) in [7, 11) is 0. The van der Waals surface area contributed by atoms with Crippen LogP contribution in [0.3, 0.4) is 0 Å². The highest BCUT2D eigenvalue weighted by Crippen LogP contribution is 2.22. The molecule has 0 atom stereocenters. The van der Waals surface area contributed by atoms with E-state index in [0.717, 1.165) is 5.82 Å². The monoisotopic (exact) mass is 378 g/mol. The summed E-state index contributed by atoms with van der Waals surface area (Å²) in [4.78, 5) is 14.5. The van der Waals surface area contributed by atoms with Crippen molar-refractivity contribution in [3.63, 3.8) is 0 Å². The molecule has 0 saturated heterocycles. The fraction of sp³-hybridized carbons (Fsp3) is 0.368. The van der Waals surface area contributed by atoms with Crippen LogP contribution in [0.2, 0.25) is 0 Å². The highest BCUT2D eigenvalue weighted by molar-refractivity contribution is 5.87. The van der Waals surface area contributed by atoms with E-state index < -0.39 is 6.09 Å². The van der Waals surface area contributed by atoms with Crippen molar-refractivity contribution in [3.05, 3.63) is 46.0 Å². The molecular weight excluding hydrogens is 352 g/mol. The molecule has 0 fully saturated rings. The Morgan fingerprint density at radius 1 is 1.15 bits per heavy atom. The minimum absolute atomic E-state index is 0. The van der Waals surface area contributed by atoms with Crippen molar-refractivity contribution in [2.24, 2.45) is 0 Å². The zero-order valence-corrected chi connectivity index (χ0v) is 16.7. The normalized spacial score (nSPS) is 10.0. The lowest BCUT2D eigenvalue weighted by Gasteiger charge is -2.15. The molecule has 0 saturated carbocycles. The van der Waals surface area contributed by atoms with Crippen molar-refractivity contribution in [2.45, 2.75) is 41.2 Å². The number of aromatic nitrogens is 1. The number of aryl methyl sites for hydroxylation is 2. The van der Waals surface area contributed by atoms with Crippen LogP contribution in [0.1, 0.15) is 34.7 Å². The van der Waals surface area contributed by atoms with Crippen molar-refractivity contribution in [1.82, 2.24) is 0 Å². The van der Waals surface area contributed by atoms with E-state index in [1.807, 2.05) is 6.07 Å². The molecule has 6 nitrogen and oxygen atoms in total. The summed E-state index contributed by atoms with van der Waals surface area (Å²) < 4.78 is 4.85. The number of aromatic amines is 1. The number of carbonyl (C=O) groups excluding carboxylic acids is 1. The third-order valence-electron chi connectivity index (χ3n) is 4.47. The summed E-state index contributed by atoms with van der Waals surface area (Å²) in [5.41, 5.74) is 12.9. The first kappa shape index (κ1) is 21.6. The van der Waals surface area contributed by atoms with Gasteiger partial charge in [0.2, 0.25) is 11.6 Å². The van der Waals surface area contributed by atoms with Gasteiger partial charge in [-0.15, -0.1) is 0 Å². The molecule has 1 heterocycles. The van der Waals surface area contributed by atoms with Crippen LogP contribution in [0.4, 0.5) is 22.1 Å². The third-order valence-corrected chi connectivity index (χ3v) is 4.47. The largest absolute Gasteiger partial charge is 1.00 e. The van der Waals surface area contributed by atoms with Gasteiger partial charge in [0.05, 0.1) is 13.2 Å². The Kier molecular flexibility index (Phi) is 7.71. The number of pyridine rings is 1. The van der Waals surface area contributed by atoms with Gasteiger partial charge in [-0.25, -0.2) is 9.78 Å². The molecule has 1 aromatic carbocycles. The summed E-state index contributed by atoms with van der Waals surface area (Å²) in [5, 5.41) is 5.96. The average Bonchev–Trinajstić information content (AvgIpc) is 2.55. The number of anilines is 3. The second-order valence-corrected chi connectivity index (χ2v) is 6.14. The maximum absolute atomic E-state index is 11.5. The first-order chi connectivity index (χ1) is 11.8. The van der Waals surface area contributed by atoms with Crippen LogP contribution in [0.5, 0.6) is 0 Å². The van der Waals surface area contributed by atoms with Gasteiger partial charge in [-0.3, -0.25) is 5.32 Å². The molecule has 26 heavy (non-hydrogen) atoms. The SMILES string of the molecule is CCOC(=O)Nc1ccc(NCc2c(C)c(C)cc(C)c2C)[nH+]c1N.[Cl-]. The topological polar surface area (TPSA) is 90.5 Å². The Morgan fingerprint density at radius 2 is 1.77 bits per heavy atom. The van der Waals surface area contributed by atoms with Gasteiger partial charge in [-0.05, 0) is 68.5 Å². The van der Waals surface area contributed by atoms with Crippen molar-refractivity contribution < 1.29 is 26.9 Å². The van der Waals surface area contributed by atoms with Crippen molar-refractivity contribution >= 4 is 23.4 Å². The Hall–Kier alpha value is -2.47. The molecule has 0 aliphatic heterocycles. The van der Waals surface area contributed by atoms with E-state index in [0.29, 0.717) is 24.7 Å². The van der Waals surface area contributed by atoms with E-state index >= 15 is 0 Å². The zero-order chi connectivity index (χ0) is 18.6. The number of nitrogen functional groups attached to an aromatic ring is 1. The van der Waals surface area contributed by atoms with Gasteiger partial charge in [0.1, 0.15) is 5.69 Å². The molecule has 0 radical (unpaired) electrons. The Morgan fingerprint density at radius 3 is 2.31 bits per heavy atom. The molecule has 7 heteroatoms. The van der Waals surface area contributed by atoms with Crippen molar-refractivity contribution in [2.75, 3.05) is 23.0 Å². The number of benzene rings is 1. The van der Waals surface area contributed by atoms with Gasteiger partial charge in [0.15, 0.2) is 0 Å². The highest BCUT2D eigenvalue weighted by atomic mass is 35.5. The van der Waals surface area contributed by atoms with Crippen LogP contribution in [-0.4, -0.2) is 12.7 Å². The summed E-state index contributed by atoms with van der Waals surface area (Å²) >= 11 is 0. The van der Waals surface area contributed by atoms with Crippen molar-refractivity contribution in [1.29, 1.82) is 0 Å². The Bertz CT molecular complexity index is 767. The number of nitrogens with one attached hydrogen (secondary N) is 3. The molecular formula is C19H27ClN4O2. The molecule has 0 aliphatic rings. The summed E-state index contributed by atoms with van der Waals surface area (Å²) in [6, 6.07) is 5.80. The van der Waals surface area contributed by atoms with E-state index in [4.69, 9.17) is 10.5 Å². The van der Waals surface area contributed by atoms with E-state index in [9.17, 15) is 4.79 Å². The predicted octanol–water partition coefficient (Wildman–Crippen LogP) is 0.501. The van der Waals surface area contributed by atoms with Crippen LogP contribution in [0.15, 0.2) is 18.2 Å². The molecule has 0 bridgehead atoms. The fourth-order valence-corrected chi connectivity index (χ4v) is 2.75. The number of H-pyrrole nitrogens is 1. The lowest BCUT2D eigenvalue weighted by Crippen LogP contribution is -3.00. The van der Waals surface area contributed by atoms with Crippen LogP contribution < -0.4 is 33.8 Å². The first-order valence-electron chi connectivity index (χ1n) is 8.39. The van der Waals surface area contributed by atoms with Gasteiger partial charge in [0.25, 0.3) is 0 Å². The third kappa shape index (κ3) is 5.02. The molecule has 142 valence electrons. The number of nitrogens with two attached hydrogens (primary N) is 1. The van der Waals surface area contributed by atoms with Crippen LogP contribution in [0, 0.1) is 27.7 Å². The van der Waals surface area contributed by atoms with E-state index in [1.165, 1.54) is 27.8 Å². The molecule has 0 unspecified atom stereocenters. The minimum Gasteiger partial charge on any atom is -1.00 e. The minimum atomic E-state index is -0.523. The predicted molar refractivity (Wildman–Crippen MR) is 101 cm³/mol. The van der Waals surface area contributed by atoms with Crippen LogP contribution >= 0.6 is 0 Å². The lowest BCUT2D eigenvalue weighted by atomic mass is 9.94. The number of rotatable bonds is 5. The van der Waals surface area contributed by atoms with Gasteiger partial charge in [0, 0.05) is 6.07 Å². The number of hydrogen-bond donors (Lipinski definition) is 3. The van der Waals surface area contributed by atoms with Crippen LogP contribution in [0.25, 0.3) is 0 Å². The van der Waals surface area contributed by atoms with Crippen LogP contribution in [-0.2, 0) is 11.3 Å². The molecule has 1 amide bonds. The number of halogens is 1. The quantitative estimate of drug-likeness (QED) is 0.706. The van der Waals surface area contributed by atoms with E-state index in [1.54, 1.807) is 13.0 Å². The highest BCUT2D eigenvalue weighted by Gasteiger charge is 2.13. The molecule has 0 aliphatic carbocycles. The second kappa shape index (κ2) is 9.29. The Labute approximate surface area is 160 Å². The fourth-order valence-electron chi connectivity index (χ4n) is 2.75. The van der Waals surface area contributed by atoms with Gasteiger partial charge >= 0.3 is 6.09 Å². The van der Waals surface area contributed by atoms with Crippen molar-refractivity contribution in [3.8, 4) is 0 Å². The van der Waals surface area contributed by atoms with Gasteiger partial charge in [-0.1, -0.05) is 6.07 Å². The maximum atomic E-state index is 11.5. The maximum Gasteiger partial charge on any atom is 0.411 e. The first-order valence-corrected chi connectivity index (χ1v) is 8.39.